The molecule has 4 N–H and O–H groups in total. The summed E-state index contributed by atoms with van der Waals surface area (Å²) in [5, 5.41) is 15.0. The molecule has 0 aliphatic heterocycles. The van der Waals surface area contributed by atoms with Crippen LogP contribution < -0.4 is 10.6 Å². The highest BCUT2D eigenvalue weighted by molar-refractivity contribution is 5.62. The molecule has 2 aromatic rings. The number of hydrogen-bond acceptors (Lipinski definition) is 4. The molecule has 0 aliphatic carbocycles. The number of H-pyrrole nitrogens is 1. The summed E-state index contributed by atoms with van der Waals surface area (Å²) in [5.74, 6) is 0.837. The van der Waals surface area contributed by atoms with Crippen molar-refractivity contribution in [3.8, 4) is 17.0 Å². The van der Waals surface area contributed by atoms with E-state index in [-0.39, 0.29) is 0 Å². The minimum atomic E-state index is 0.390. The van der Waals surface area contributed by atoms with Crippen LogP contribution in [0, 0.1) is 0 Å². The van der Waals surface area contributed by atoms with Crippen LogP contribution in [0.5, 0.6) is 5.75 Å². The van der Waals surface area contributed by atoms with Crippen molar-refractivity contribution in [2.45, 2.75) is 0 Å². The molecular formula is C9H9N3O2. The summed E-state index contributed by atoms with van der Waals surface area (Å²) in [7, 11) is 0. The summed E-state index contributed by atoms with van der Waals surface area (Å²) < 4.78 is 0. The van der Waals surface area contributed by atoms with Gasteiger partial charge in [-0.2, -0.15) is 5.10 Å². The molecule has 1 heterocycles. The Morgan fingerprint density at radius 2 is 2.00 bits per heavy atom. The highest BCUT2D eigenvalue weighted by Gasteiger charge is 2.01. The van der Waals surface area contributed by atoms with Crippen molar-refractivity contribution in [3.63, 3.8) is 0 Å². The SMILES string of the molecule is Nc1cc(-c2ccc(OO)cc2)[nH]n1. The van der Waals surface area contributed by atoms with Crippen LogP contribution in [-0.2, 0) is 0 Å². The smallest absolute Gasteiger partial charge is 0.165 e. The van der Waals surface area contributed by atoms with E-state index < -0.39 is 0 Å². The molecule has 14 heavy (non-hydrogen) atoms. The van der Waals surface area contributed by atoms with E-state index in [1.165, 1.54) is 0 Å². The molecule has 0 atom stereocenters. The van der Waals surface area contributed by atoms with Crippen molar-refractivity contribution in [3.05, 3.63) is 30.3 Å². The maximum Gasteiger partial charge on any atom is 0.165 e. The Hall–Kier alpha value is -2.01. The quantitative estimate of drug-likeness (QED) is 0.496. The lowest BCUT2D eigenvalue weighted by Gasteiger charge is -1.98. The van der Waals surface area contributed by atoms with Crippen LogP contribution in [-0.4, -0.2) is 15.5 Å². The average molecular weight is 191 g/mol. The largest absolute Gasteiger partial charge is 0.382 e. The number of nitrogens with two attached hydrogens (primary N) is 1. The zero-order valence-electron chi connectivity index (χ0n) is 7.27. The number of nitrogens with one attached hydrogen (secondary N) is 1. The Labute approximate surface area is 80.1 Å². The second kappa shape index (κ2) is 3.39. The summed E-state index contributed by atoms with van der Waals surface area (Å²) >= 11 is 0. The summed E-state index contributed by atoms with van der Waals surface area (Å²) in [6, 6.07) is 8.60. The Morgan fingerprint density at radius 1 is 1.29 bits per heavy atom. The first kappa shape index (κ1) is 8.58. The summed E-state index contributed by atoms with van der Waals surface area (Å²) in [6.07, 6.45) is 0. The molecule has 0 saturated heterocycles. The van der Waals surface area contributed by atoms with Crippen LogP contribution in [0.2, 0.25) is 0 Å². The molecule has 0 aliphatic rings. The molecule has 1 aromatic carbocycles. The number of aromatic amines is 1. The van der Waals surface area contributed by atoms with Gasteiger partial charge in [0.2, 0.25) is 0 Å². The van der Waals surface area contributed by atoms with Gasteiger partial charge in [0.15, 0.2) is 5.75 Å². The standard InChI is InChI=1S/C9H9N3O2/c10-9-5-8(11-12-9)6-1-3-7(14-13)4-2-6/h1-5,13H,(H3,10,11,12). The van der Waals surface area contributed by atoms with Gasteiger partial charge >= 0.3 is 0 Å². The number of hydrogen-bond donors (Lipinski definition) is 3. The van der Waals surface area contributed by atoms with E-state index in [4.69, 9.17) is 11.0 Å². The molecule has 0 fully saturated rings. The van der Waals surface area contributed by atoms with Gasteiger partial charge in [0.25, 0.3) is 0 Å². The predicted octanol–water partition coefficient (Wildman–Crippen LogP) is 1.51. The lowest BCUT2D eigenvalue weighted by atomic mass is 10.1. The molecule has 5 nitrogen and oxygen atoms in total. The van der Waals surface area contributed by atoms with Gasteiger partial charge in [-0.05, 0) is 29.8 Å². The van der Waals surface area contributed by atoms with Crippen molar-refractivity contribution in [2.75, 3.05) is 5.73 Å². The molecule has 1 aromatic heterocycles. The van der Waals surface area contributed by atoms with Crippen LogP contribution in [0.4, 0.5) is 5.82 Å². The van der Waals surface area contributed by atoms with Crippen LogP contribution >= 0.6 is 0 Å². The average Bonchev–Trinajstić information content (AvgIpc) is 2.65. The molecule has 0 amide bonds. The van der Waals surface area contributed by atoms with E-state index in [1.807, 2.05) is 0 Å². The van der Waals surface area contributed by atoms with Gasteiger partial charge in [0.1, 0.15) is 5.82 Å². The Bertz CT molecular complexity index is 422. The highest BCUT2D eigenvalue weighted by atomic mass is 17.1. The third-order valence-corrected chi connectivity index (χ3v) is 1.87. The second-order valence-corrected chi connectivity index (χ2v) is 2.82. The highest BCUT2D eigenvalue weighted by Crippen LogP contribution is 2.21. The van der Waals surface area contributed by atoms with Gasteiger partial charge in [0, 0.05) is 6.07 Å². The van der Waals surface area contributed by atoms with E-state index in [9.17, 15) is 0 Å². The van der Waals surface area contributed by atoms with Crippen molar-refractivity contribution in [2.24, 2.45) is 0 Å². The topological polar surface area (TPSA) is 84.2 Å². The minimum absolute atomic E-state index is 0.390. The zero-order chi connectivity index (χ0) is 9.97. The molecule has 0 radical (unpaired) electrons. The molecular weight excluding hydrogens is 182 g/mol. The van der Waals surface area contributed by atoms with Crippen LogP contribution in [0.15, 0.2) is 30.3 Å². The fourth-order valence-electron chi connectivity index (χ4n) is 1.18. The first-order valence-corrected chi connectivity index (χ1v) is 4.02. The predicted molar refractivity (Wildman–Crippen MR) is 51.7 cm³/mol. The fraction of sp³-hybridized carbons (Fsp3) is 0. The van der Waals surface area contributed by atoms with Crippen LogP contribution in [0.25, 0.3) is 11.3 Å². The molecule has 0 unspecified atom stereocenters. The normalized spacial score (nSPS) is 10.1. The van der Waals surface area contributed by atoms with Gasteiger partial charge in [-0.3, -0.25) is 5.10 Å². The van der Waals surface area contributed by atoms with E-state index in [0.717, 1.165) is 11.3 Å². The second-order valence-electron chi connectivity index (χ2n) is 2.82. The van der Waals surface area contributed by atoms with E-state index in [0.29, 0.717) is 11.6 Å². The molecule has 0 spiro atoms. The van der Waals surface area contributed by atoms with Crippen molar-refractivity contribution in [1.29, 1.82) is 0 Å². The number of anilines is 1. The van der Waals surface area contributed by atoms with Crippen molar-refractivity contribution >= 4 is 5.82 Å². The monoisotopic (exact) mass is 191 g/mol. The summed E-state index contributed by atoms with van der Waals surface area (Å²) in [4.78, 5) is 4.06. The number of nitrogen functional groups attached to an aromatic ring is 1. The molecule has 0 bridgehead atoms. The molecule has 5 heteroatoms. The maximum atomic E-state index is 8.36. The first-order valence-electron chi connectivity index (χ1n) is 4.02. The third-order valence-electron chi connectivity index (χ3n) is 1.87. The number of nitrogens with zero attached hydrogens (tertiary/aromatic N) is 1. The lowest BCUT2D eigenvalue weighted by molar-refractivity contribution is -0.137. The van der Waals surface area contributed by atoms with Crippen LogP contribution in [0.1, 0.15) is 0 Å². The first-order chi connectivity index (χ1) is 6.79. The summed E-state index contributed by atoms with van der Waals surface area (Å²) in [5.41, 5.74) is 7.22. The molecule has 72 valence electrons. The van der Waals surface area contributed by atoms with Crippen molar-refractivity contribution in [1.82, 2.24) is 10.2 Å². The Morgan fingerprint density at radius 3 is 2.50 bits per heavy atom. The third kappa shape index (κ3) is 1.53. The van der Waals surface area contributed by atoms with Crippen molar-refractivity contribution < 1.29 is 10.1 Å². The zero-order valence-corrected chi connectivity index (χ0v) is 7.27. The van der Waals surface area contributed by atoms with Gasteiger partial charge in [-0.15, -0.1) is 0 Å². The minimum Gasteiger partial charge on any atom is -0.382 e. The maximum absolute atomic E-state index is 8.36. The van der Waals surface area contributed by atoms with Gasteiger partial charge in [-0.1, -0.05) is 0 Å². The van der Waals surface area contributed by atoms with Gasteiger partial charge in [0.05, 0.1) is 5.69 Å². The van der Waals surface area contributed by atoms with Gasteiger partial charge in [-0.25, -0.2) is 5.26 Å². The van der Waals surface area contributed by atoms with E-state index in [2.05, 4.69) is 15.1 Å². The fourth-order valence-corrected chi connectivity index (χ4v) is 1.18. The van der Waals surface area contributed by atoms with Crippen LogP contribution in [0.3, 0.4) is 0 Å². The van der Waals surface area contributed by atoms with E-state index >= 15 is 0 Å². The number of aromatic nitrogens is 2. The number of rotatable bonds is 2. The van der Waals surface area contributed by atoms with Gasteiger partial charge < -0.3 is 10.6 Å². The Kier molecular flexibility index (Phi) is 2.08. The molecule has 0 saturated carbocycles. The van der Waals surface area contributed by atoms with E-state index in [1.54, 1.807) is 30.3 Å². The lowest BCUT2D eigenvalue weighted by Crippen LogP contribution is -1.83. The summed E-state index contributed by atoms with van der Waals surface area (Å²) in [6.45, 7) is 0. The Balaban J connectivity index is 2.33. The number of benzene rings is 1. The molecule has 2 rings (SSSR count).